The van der Waals surface area contributed by atoms with E-state index >= 15 is 0 Å². The SMILES string of the molecule is Cc1c(Cl)cccc1C[N@+]1(c2cccc(Cl)c2Cl)N=NN=C1N. The number of nitrogens with two attached hydrogens (primary N) is 1. The van der Waals surface area contributed by atoms with Crippen LogP contribution < -0.4 is 10.3 Å². The van der Waals surface area contributed by atoms with Gasteiger partial charge in [0.25, 0.3) is 0 Å². The Hall–Kier alpha value is -1.66. The zero-order chi connectivity index (χ0) is 16.6. The number of hydrogen-bond donors (Lipinski definition) is 1. The molecule has 2 N–H and O–H groups in total. The molecule has 0 saturated heterocycles. The van der Waals surface area contributed by atoms with Gasteiger partial charge in [0.15, 0.2) is 5.69 Å². The molecule has 0 saturated carbocycles. The highest BCUT2D eigenvalue weighted by atomic mass is 35.5. The van der Waals surface area contributed by atoms with Crippen molar-refractivity contribution < 1.29 is 0 Å². The van der Waals surface area contributed by atoms with E-state index in [1.807, 2.05) is 25.1 Å². The third kappa shape index (κ3) is 2.70. The Bertz CT molecular complexity index is 834. The molecule has 1 aliphatic heterocycles. The van der Waals surface area contributed by atoms with Crippen LogP contribution in [0.25, 0.3) is 0 Å². The fourth-order valence-corrected chi connectivity index (χ4v) is 3.10. The van der Waals surface area contributed by atoms with Gasteiger partial charge >= 0.3 is 5.96 Å². The Morgan fingerprint density at radius 3 is 2.43 bits per heavy atom. The molecule has 0 fully saturated rings. The number of benzene rings is 2. The van der Waals surface area contributed by atoms with Crippen molar-refractivity contribution in [2.24, 2.45) is 21.3 Å². The van der Waals surface area contributed by atoms with E-state index in [9.17, 15) is 0 Å². The second-order valence-corrected chi connectivity index (χ2v) is 6.35. The summed E-state index contributed by atoms with van der Waals surface area (Å²) in [6.07, 6.45) is 0. The molecular formula is C15H13Cl3N5+. The summed E-state index contributed by atoms with van der Waals surface area (Å²) in [5, 5.41) is 13.3. The maximum atomic E-state index is 6.38. The molecule has 23 heavy (non-hydrogen) atoms. The molecule has 5 nitrogen and oxygen atoms in total. The molecule has 2 aromatic carbocycles. The molecule has 0 radical (unpaired) electrons. The van der Waals surface area contributed by atoms with Crippen molar-refractivity contribution in [3.8, 4) is 0 Å². The smallest absolute Gasteiger partial charge is 0.334 e. The molecule has 0 bridgehead atoms. The minimum absolute atomic E-state index is 0.166. The fourth-order valence-electron chi connectivity index (χ4n) is 2.47. The van der Waals surface area contributed by atoms with Crippen molar-refractivity contribution in [2.45, 2.75) is 13.5 Å². The predicted octanol–water partition coefficient (Wildman–Crippen LogP) is 5.07. The summed E-state index contributed by atoms with van der Waals surface area (Å²) in [5.74, 6) is 0.216. The Balaban J connectivity index is 2.16. The second-order valence-electron chi connectivity index (χ2n) is 5.16. The van der Waals surface area contributed by atoms with Gasteiger partial charge in [0.1, 0.15) is 11.6 Å². The Labute approximate surface area is 148 Å². The number of nitrogens with zero attached hydrogens (tertiary/aromatic N) is 4. The zero-order valence-corrected chi connectivity index (χ0v) is 14.4. The predicted molar refractivity (Wildman–Crippen MR) is 94.6 cm³/mol. The molecule has 1 atom stereocenters. The molecular weight excluding hydrogens is 357 g/mol. The maximum absolute atomic E-state index is 6.38. The highest BCUT2D eigenvalue weighted by Crippen LogP contribution is 2.40. The third-order valence-corrected chi connectivity index (χ3v) is 5.05. The maximum Gasteiger partial charge on any atom is 0.354 e. The van der Waals surface area contributed by atoms with Gasteiger partial charge in [-0.3, -0.25) is 0 Å². The molecule has 1 aliphatic rings. The average molecular weight is 370 g/mol. The number of quaternary nitrogens is 1. The van der Waals surface area contributed by atoms with Crippen molar-refractivity contribution in [2.75, 3.05) is 0 Å². The lowest BCUT2D eigenvalue weighted by atomic mass is 10.1. The Morgan fingerprint density at radius 1 is 1.04 bits per heavy atom. The molecule has 2 aromatic rings. The first-order chi connectivity index (χ1) is 11.0. The normalized spacial score (nSPS) is 19.9. The number of halogens is 3. The summed E-state index contributed by atoms with van der Waals surface area (Å²) in [7, 11) is 0. The number of guanidine groups is 1. The first-order valence-electron chi connectivity index (χ1n) is 6.78. The van der Waals surface area contributed by atoms with Crippen LogP contribution in [0, 0.1) is 6.92 Å². The second kappa shape index (κ2) is 6.09. The van der Waals surface area contributed by atoms with Gasteiger partial charge in [-0.2, -0.15) is 0 Å². The Morgan fingerprint density at radius 2 is 1.74 bits per heavy atom. The summed E-state index contributed by atoms with van der Waals surface area (Å²) in [4.78, 5) is 0. The van der Waals surface area contributed by atoms with E-state index < -0.39 is 0 Å². The quantitative estimate of drug-likeness (QED) is 0.754. The van der Waals surface area contributed by atoms with E-state index in [1.54, 1.807) is 18.2 Å². The summed E-state index contributed by atoms with van der Waals surface area (Å²) in [6, 6.07) is 11.0. The van der Waals surface area contributed by atoms with Crippen LogP contribution in [0.2, 0.25) is 15.1 Å². The molecule has 0 aromatic heterocycles. The van der Waals surface area contributed by atoms with Gasteiger partial charge in [-0.15, -0.1) is 0 Å². The van der Waals surface area contributed by atoms with Crippen LogP contribution >= 0.6 is 34.8 Å². The van der Waals surface area contributed by atoms with Gasteiger partial charge in [-0.05, 0) is 29.7 Å². The summed E-state index contributed by atoms with van der Waals surface area (Å²) >= 11 is 18.7. The van der Waals surface area contributed by atoms with Crippen LogP contribution in [-0.4, -0.2) is 5.96 Å². The molecule has 0 amide bonds. The molecule has 118 valence electrons. The lowest BCUT2D eigenvalue weighted by Crippen LogP contribution is -2.51. The molecule has 3 rings (SSSR count). The van der Waals surface area contributed by atoms with Crippen molar-refractivity contribution in [1.29, 1.82) is 0 Å². The van der Waals surface area contributed by atoms with E-state index in [2.05, 4.69) is 15.5 Å². The Kier molecular flexibility index (Phi) is 4.29. The summed E-state index contributed by atoms with van der Waals surface area (Å²) in [6.45, 7) is 2.32. The summed E-state index contributed by atoms with van der Waals surface area (Å²) in [5.41, 5.74) is 8.62. The van der Waals surface area contributed by atoms with Crippen LogP contribution in [0.15, 0.2) is 51.9 Å². The minimum atomic E-state index is -0.166. The molecule has 0 spiro atoms. The van der Waals surface area contributed by atoms with Crippen molar-refractivity contribution in [3.63, 3.8) is 0 Å². The van der Waals surface area contributed by atoms with Gasteiger partial charge in [0.2, 0.25) is 0 Å². The lowest BCUT2D eigenvalue weighted by molar-refractivity contribution is 0.413. The van der Waals surface area contributed by atoms with Crippen LogP contribution in [0.3, 0.4) is 0 Å². The van der Waals surface area contributed by atoms with Crippen molar-refractivity contribution >= 4 is 46.4 Å². The molecule has 0 aliphatic carbocycles. The van der Waals surface area contributed by atoms with Gasteiger partial charge in [0, 0.05) is 21.9 Å². The van der Waals surface area contributed by atoms with Gasteiger partial charge < -0.3 is 5.73 Å². The average Bonchev–Trinajstić information content (AvgIpc) is 2.88. The minimum Gasteiger partial charge on any atom is -0.334 e. The van der Waals surface area contributed by atoms with E-state index in [1.165, 1.54) is 0 Å². The molecule has 1 heterocycles. The van der Waals surface area contributed by atoms with Crippen LogP contribution in [0.4, 0.5) is 5.69 Å². The first-order valence-corrected chi connectivity index (χ1v) is 7.92. The standard InChI is InChI=1S/C15H13Cl3N5/c1-9-10(4-2-5-11(9)16)8-23(15(19)20-21-22-23)13-7-3-6-12(17)14(13)18/h2-7H,8H2,1H3,(H2,19,20,22)/q+1/t23-/m1/s1. The highest BCUT2D eigenvalue weighted by Gasteiger charge is 2.44. The van der Waals surface area contributed by atoms with Gasteiger partial charge in [-0.1, -0.05) is 57.6 Å². The summed E-state index contributed by atoms with van der Waals surface area (Å²) < 4.78 is -0.166. The molecule has 8 heteroatoms. The number of rotatable bonds is 3. The van der Waals surface area contributed by atoms with Crippen molar-refractivity contribution in [1.82, 2.24) is 4.59 Å². The third-order valence-electron chi connectivity index (χ3n) is 3.83. The number of hydrogen-bond acceptors (Lipinski definition) is 4. The van der Waals surface area contributed by atoms with E-state index in [4.69, 9.17) is 40.5 Å². The van der Waals surface area contributed by atoms with E-state index in [0.717, 1.165) is 11.1 Å². The largest absolute Gasteiger partial charge is 0.354 e. The lowest BCUT2D eigenvalue weighted by Gasteiger charge is -2.26. The van der Waals surface area contributed by atoms with Crippen LogP contribution in [0.1, 0.15) is 11.1 Å². The monoisotopic (exact) mass is 368 g/mol. The topological polar surface area (TPSA) is 63.1 Å². The molecule has 0 unspecified atom stereocenters. The first kappa shape index (κ1) is 16.2. The van der Waals surface area contributed by atoms with Crippen molar-refractivity contribution in [3.05, 3.63) is 62.6 Å². The van der Waals surface area contributed by atoms with Crippen LogP contribution in [0.5, 0.6) is 0 Å². The fraction of sp³-hybridized carbons (Fsp3) is 0.133. The van der Waals surface area contributed by atoms with Gasteiger partial charge in [0.05, 0.1) is 10.2 Å². The zero-order valence-electron chi connectivity index (χ0n) is 12.2. The highest BCUT2D eigenvalue weighted by molar-refractivity contribution is 6.43. The van der Waals surface area contributed by atoms with Gasteiger partial charge in [-0.25, -0.2) is 0 Å². The van der Waals surface area contributed by atoms with Crippen LogP contribution in [-0.2, 0) is 6.54 Å². The van der Waals surface area contributed by atoms with E-state index in [-0.39, 0.29) is 10.6 Å². The van der Waals surface area contributed by atoms with E-state index in [0.29, 0.717) is 27.3 Å².